The van der Waals surface area contributed by atoms with E-state index in [-0.39, 0.29) is 24.1 Å². The molecule has 2 aliphatic heterocycles. The molecule has 1 N–H and O–H groups in total. The summed E-state index contributed by atoms with van der Waals surface area (Å²) in [4.78, 5) is 25.7. The van der Waals surface area contributed by atoms with Crippen LogP contribution < -0.4 is 5.32 Å². The summed E-state index contributed by atoms with van der Waals surface area (Å²) in [5.74, 6) is -0.340. The quantitative estimate of drug-likeness (QED) is 0.717. The highest BCUT2D eigenvalue weighted by atomic mass is 16.6. The number of methoxy groups -OCH3 is 1. The molecule has 0 aromatic rings. The van der Waals surface area contributed by atoms with Crippen LogP contribution in [-0.2, 0) is 14.3 Å². The molecule has 3 unspecified atom stereocenters. The van der Waals surface area contributed by atoms with Crippen molar-refractivity contribution in [2.75, 3.05) is 13.7 Å². The molecule has 2 aliphatic rings. The molecule has 6 heteroatoms. The second-order valence-corrected chi connectivity index (χ2v) is 6.42. The smallest absolute Gasteiger partial charge is 0.410 e. The van der Waals surface area contributed by atoms with E-state index in [1.54, 1.807) is 11.8 Å². The van der Waals surface area contributed by atoms with Gasteiger partial charge in [-0.05, 0) is 34.1 Å². The van der Waals surface area contributed by atoms with Crippen molar-refractivity contribution in [1.29, 1.82) is 0 Å². The molecule has 0 spiro atoms. The van der Waals surface area contributed by atoms with Crippen LogP contribution in [0.3, 0.4) is 0 Å². The molecule has 1 amide bonds. The molecule has 0 aromatic carbocycles. The highest BCUT2D eigenvalue weighted by Gasteiger charge is 2.58. The van der Waals surface area contributed by atoms with E-state index >= 15 is 0 Å². The van der Waals surface area contributed by atoms with Crippen LogP contribution >= 0.6 is 0 Å². The Balaban J connectivity index is 2.14. The molecule has 2 fully saturated rings. The Kier molecular flexibility index (Phi) is 3.24. The van der Waals surface area contributed by atoms with Crippen LogP contribution in [0.15, 0.2) is 0 Å². The largest absolute Gasteiger partial charge is 0.468 e. The number of nitrogens with zero attached hydrogens (tertiary/aromatic N) is 1. The second kappa shape index (κ2) is 4.37. The van der Waals surface area contributed by atoms with E-state index in [4.69, 9.17) is 9.47 Å². The molecule has 3 atom stereocenters. The van der Waals surface area contributed by atoms with E-state index in [0.29, 0.717) is 6.54 Å². The van der Waals surface area contributed by atoms with E-state index in [9.17, 15) is 9.59 Å². The lowest BCUT2D eigenvalue weighted by molar-refractivity contribution is -0.150. The van der Waals surface area contributed by atoms with E-state index in [1.807, 2.05) is 20.8 Å². The Hall–Kier alpha value is -1.30. The molecular weight excluding hydrogens is 248 g/mol. The summed E-state index contributed by atoms with van der Waals surface area (Å²) in [6, 6.07) is -0.0820. The van der Waals surface area contributed by atoms with Crippen molar-refractivity contribution in [1.82, 2.24) is 10.2 Å². The van der Waals surface area contributed by atoms with Crippen molar-refractivity contribution in [3.05, 3.63) is 0 Å². The average Bonchev–Trinajstić information content (AvgIpc) is 2.82. The number of amides is 1. The van der Waals surface area contributed by atoms with E-state index < -0.39 is 11.1 Å². The summed E-state index contributed by atoms with van der Waals surface area (Å²) in [7, 11) is 1.36. The van der Waals surface area contributed by atoms with Gasteiger partial charge in [-0.3, -0.25) is 5.32 Å². The van der Waals surface area contributed by atoms with E-state index in [1.165, 1.54) is 7.11 Å². The fourth-order valence-electron chi connectivity index (χ4n) is 2.94. The van der Waals surface area contributed by atoms with Crippen molar-refractivity contribution in [3.8, 4) is 0 Å². The van der Waals surface area contributed by atoms with Gasteiger partial charge in [0.05, 0.1) is 13.2 Å². The van der Waals surface area contributed by atoms with Crippen LogP contribution in [0.1, 0.15) is 34.1 Å². The van der Waals surface area contributed by atoms with Crippen molar-refractivity contribution in [3.63, 3.8) is 0 Å². The van der Waals surface area contributed by atoms with Gasteiger partial charge in [0, 0.05) is 12.6 Å². The standard InChI is InChI=1S/C13H22N2O4/c1-12(2,3)19-11(17)15-7-8-6-9(15)13(4,14-8)10(16)18-5/h8-9,14H,6-7H2,1-5H3. The number of piperazine rings is 1. The monoisotopic (exact) mass is 270 g/mol. The van der Waals surface area contributed by atoms with Gasteiger partial charge in [0.15, 0.2) is 0 Å². The molecule has 0 aliphatic carbocycles. The minimum absolute atomic E-state index is 0.126. The van der Waals surface area contributed by atoms with Gasteiger partial charge >= 0.3 is 12.1 Å². The molecule has 2 bridgehead atoms. The normalized spacial score (nSPS) is 33.4. The number of carbonyl (C=O) groups excluding carboxylic acids is 2. The third kappa shape index (κ3) is 2.41. The van der Waals surface area contributed by atoms with Crippen molar-refractivity contribution in [2.45, 2.75) is 57.3 Å². The molecule has 2 heterocycles. The van der Waals surface area contributed by atoms with Crippen molar-refractivity contribution in [2.24, 2.45) is 0 Å². The number of hydrogen-bond acceptors (Lipinski definition) is 5. The minimum Gasteiger partial charge on any atom is -0.468 e. The van der Waals surface area contributed by atoms with Gasteiger partial charge in [0.25, 0.3) is 0 Å². The highest BCUT2D eigenvalue weighted by molar-refractivity contribution is 5.84. The highest BCUT2D eigenvalue weighted by Crippen LogP contribution is 2.36. The van der Waals surface area contributed by atoms with Crippen LogP contribution in [0.2, 0.25) is 0 Å². The zero-order valence-electron chi connectivity index (χ0n) is 12.1. The summed E-state index contributed by atoms with van der Waals surface area (Å²) < 4.78 is 10.2. The molecule has 19 heavy (non-hydrogen) atoms. The number of likely N-dealkylation sites (tertiary alicyclic amines) is 1. The van der Waals surface area contributed by atoms with Crippen LogP contribution in [0, 0.1) is 0 Å². The van der Waals surface area contributed by atoms with Gasteiger partial charge in [-0.15, -0.1) is 0 Å². The fraction of sp³-hybridized carbons (Fsp3) is 0.846. The summed E-state index contributed by atoms with van der Waals surface area (Å²) in [5.41, 5.74) is -1.37. The first kappa shape index (κ1) is 14.1. The summed E-state index contributed by atoms with van der Waals surface area (Å²) in [6.07, 6.45) is 0.391. The number of carbonyl (C=O) groups is 2. The molecular formula is C13H22N2O4. The first-order chi connectivity index (χ1) is 8.67. The van der Waals surface area contributed by atoms with Gasteiger partial charge in [0.1, 0.15) is 11.1 Å². The van der Waals surface area contributed by atoms with Gasteiger partial charge in [-0.25, -0.2) is 9.59 Å². The lowest BCUT2D eigenvalue weighted by Gasteiger charge is -2.39. The predicted octanol–water partition coefficient (Wildman–Crippen LogP) is 0.899. The zero-order valence-corrected chi connectivity index (χ0v) is 12.1. The molecule has 108 valence electrons. The minimum atomic E-state index is -0.839. The van der Waals surface area contributed by atoms with Crippen molar-refractivity contribution < 1.29 is 19.1 Å². The van der Waals surface area contributed by atoms with Crippen molar-refractivity contribution >= 4 is 12.1 Å². The maximum Gasteiger partial charge on any atom is 0.410 e. The first-order valence-corrected chi connectivity index (χ1v) is 6.53. The van der Waals surface area contributed by atoms with E-state index in [0.717, 1.165) is 6.42 Å². The van der Waals surface area contributed by atoms with Crippen LogP contribution in [-0.4, -0.2) is 53.8 Å². The number of fused-ring (bicyclic) bond motifs is 2. The number of ether oxygens (including phenoxy) is 2. The molecule has 0 aromatic heterocycles. The third-order valence-electron chi connectivity index (χ3n) is 3.71. The molecule has 6 nitrogen and oxygen atoms in total. The Morgan fingerprint density at radius 1 is 1.37 bits per heavy atom. The number of esters is 1. The molecule has 2 rings (SSSR count). The SMILES string of the molecule is COC(=O)C1(C)NC2CC1N(C(=O)OC(C)(C)C)C2. The van der Waals surface area contributed by atoms with Gasteiger partial charge < -0.3 is 14.4 Å². The fourth-order valence-corrected chi connectivity index (χ4v) is 2.94. The first-order valence-electron chi connectivity index (χ1n) is 6.53. The third-order valence-corrected chi connectivity index (χ3v) is 3.71. The summed E-state index contributed by atoms with van der Waals surface area (Å²) in [5, 5.41) is 3.24. The summed E-state index contributed by atoms with van der Waals surface area (Å²) in [6.45, 7) is 7.84. The lowest BCUT2D eigenvalue weighted by Crippen LogP contribution is -2.64. The van der Waals surface area contributed by atoms with Crippen LogP contribution in [0.4, 0.5) is 4.79 Å². The Morgan fingerprint density at radius 3 is 2.47 bits per heavy atom. The Morgan fingerprint density at radius 2 is 2.00 bits per heavy atom. The Labute approximate surface area is 113 Å². The maximum atomic E-state index is 12.2. The van der Waals surface area contributed by atoms with Crippen LogP contribution in [0.5, 0.6) is 0 Å². The van der Waals surface area contributed by atoms with E-state index in [2.05, 4.69) is 5.32 Å². The van der Waals surface area contributed by atoms with Gasteiger partial charge in [-0.2, -0.15) is 0 Å². The summed E-state index contributed by atoms with van der Waals surface area (Å²) >= 11 is 0. The molecule has 0 radical (unpaired) electrons. The molecule has 2 saturated heterocycles. The topological polar surface area (TPSA) is 67.9 Å². The van der Waals surface area contributed by atoms with Gasteiger partial charge in [-0.1, -0.05) is 0 Å². The average molecular weight is 270 g/mol. The number of hydrogen-bond donors (Lipinski definition) is 1. The predicted molar refractivity (Wildman–Crippen MR) is 68.7 cm³/mol. The number of rotatable bonds is 1. The molecule has 0 saturated carbocycles. The Bertz CT molecular complexity index is 404. The van der Waals surface area contributed by atoms with Crippen LogP contribution in [0.25, 0.3) is 0 Å². The lowest BCUT2D eigenvalue weighted by atomic mass is 9.94. The second-order valence-electron chi connectivity index (χ2n) is 6.42. The number of nitrogens with one attached hydrogen (secondary N) is 1. The van der Waals surface area contributed by atoms with Gasteiger partial charge in [0.2, 0.25) is 0 Å². The zero-order chi connectivity index (χ0) is 14.4. The maximum absolute atomic E-state index is 12.2.